The minimum atomic E-state index is -3.47. The van der Waals surface area contributed by atoms with Crippen LogP contribution in [0, 0.1) is 0 Å². The van der Waals surface area contributed by atoms with Crippen molar-refractivity contribution in [3.05, 3.63) is 24.3 Å². The Kier molecular flexibility index (Phi) is 6.67. The molecule has 3 N–H and O–H groups in total. The van der Waals surface area contributed by atoms with Gasteiger partial charge < -0.3 is 5.73 Å². The molecule has 0 aliphatic rings. The number of thioether (sulfide) groups is 1. The van der Waals surface area contributed by atoms with Gasteiger partial charge in [-0.2, -0.15) is 0 Å². The highest BCUT2D eigenvalue weighted by Crippen LogP contribution is 2.18. The van der Waals surface area contributed by atoms with Crippen LogP contribution >= 0.6 is 24.2 Å². The Morgan fingerprint density at radius 1 is 1.39 bits per heavy atom. The van der Waals surface area contributed by atoms with Gasteiger partial charge in [-0.3, -0.25) is 0 Å². The fraction of sp³-hybridized carbons (Fsp3) is 0.455. The van der Waals surface area contributed by atoms with Gasteiger partial charge in [-0.25, -0.2) is 13.1 Å². The van der Waals surface area contributed by atoms with Crippen molar-refractivity contribution in [2.45, 2.75) is 29.2 Å². The fourth-order valence-electron chi connectivity index (χ4n) is 1.13. The van der Waals surface area contributed by atoms with Gasteiger partial charge in [0.2, 0.25) is 10.0 Å². The highest BCUT2D eigenvalue weighted by molar-refractivity contribution is 7.98. The summed E-state index contributed by atoms with van der Waals surface area (Å²) in [6.45, 7) is 3.75. The lowest BCUT2D eigenvalue weighted by Crippen LogP contribution is -2.45. The molecule has 0 radical (unpaired) electrons. The van der Waals surface area contributed by atoms with Crippen molar-refractivity contribution < 1.29 is 8.42 Å². The summed E-state index contributed by atoms with van der Waals surface area (Å²) in [5.74, 6) is 0. The normalized spacial score (nSPS) is 12.0. The Bertz CT molecular complexity index is 484. The van der Waals surface area contributed by atoms with Gasteiger partial charge in [-0.1, -0.05) is 6.07 Å². The largest absolute Gasteiger partial charge is 0.324 e. The highest BCUT2D eigenvalue weighted by Gasteiger charge is 2.18. The molecule has 0 saturated heterocycles. The topological polar surface area (TPSA) is 72.2 Å². The molecular formula is C11H19ClN2O2S2. The van der Waals surface area contributed by atoms with Crippen molar-refractivity contribution in [1.82, 2.24) is 4.72 Å². The van der Waals surface area contributed by atoms with Gasteiger partial charge in [-0.05, 0) is 38.3 Å². The van der Waals surface area contributed by atoms with E-state index in [2.05, 4.69) is 4.72 Å². The molecule has 104 valence electrons. The second-order valence-corrected chi connectivity index (χ2v) is 7.14. The second kappa shape index (κ2) is 6.77. The molecule has 0 fully saturated rings. The zero-order valence-corrected chi connectivity index (χ0v) is 13.1. The lowest BCUT2D eigenvalue weighted by Gasteiger charge is -2.19. The van der Waals surface area contributed by atoms with E-state index in [9.17, 15) is 8.42 Å². The Labute approximate surface area is 119 Å². The molecule has 1 aromatic carbocycles. The number of hydrogen-bond acceptors (Lipinski definition) is 4. The third-order valence-corrected chi connectivity index (χ3v) is 4.19. The van der Waals surface area contributed by atoms with Crippen LogP contribution in [0.3, 0.4) is 0 Å². The predicted molar refractivity (Wildman–Crippen MR) is 78.9 cm³/mol. The van der Waals surface area contributed by atoms with E-state index in [0.29, 0.717) is 0 Å². The number of sulfonamides is 1. The van der Waals surface area contributed by atoms with E-state index >= 15 is 0 Å². The molecule has 1 aromatic rings. The Balaban J connectivity index is 0.00000289. The summed E-state index contributed by atoms with van der Waals surface area (Å²) in [5.41, 5.74) is 5.18. The third kappa shape index (κ3) is 5.58. The number of hydrogen-bond donors (Lipinski definition) is 2. The maximum Gasteiger partial charge on any atom is 0.240 e. The number of rotatable bonds is 5. The quantitative estimate of drug-likeness (QED) is 0.814. The zero-order chi connectivity index (χ0) is 13.1. The van der Waals surface area contributed by atoms with Crippen LogP contribution < -0.4 is 10.5 Å². The van der Waals surface area contributed by atoms with Gasteiger partial charge in [0.25, 0.3) is 0 Å². The van der Waals surface area contributed by atoms with Crippen LogP contribution in [0.2, 0.25) is 0 Å². The maximum atomic E-state index is 12.0. The van der Waals surface area contributed by atoms with E-state index in [1.165, 1.54) is 11.8 Å². The molecule has 7 heteroatoms. The number of nitrogens with two attached hydrogens (primary N) is 1. The van der Waals surface area contributed by atoms with Crippen LogP contribution in [0.1, 0.15) is 13.8 Å². The van der Waals surface area contributed by atoms with Crippen LogP contribution in [0.4, 0.5) is 0 Å². The van der Waals surface area contributed by atoms with E-state index < -0.39 is 15.6 Å². The Hall–Kier alpha value is -0.270. The molecule has 0 aliphatic carbocycles. The van der Waals surface area contributed by atoms with Crippen LogP contribution in [-0.2, 0) is 10.0 Å². The smallest absolute Gasteiger partial charge is 0.240 e. The molecule has 0 spiro atoms. The first-order chi connectivity index (χ1) is 7.74. The van der Waals surface area contributed by atoms with Crippen LogP contribution in [0.5, 0.6) is 0 Å². The summed E-state index contributed by atoms with van der Waals surface area (Å²) in [6.07, 6.45) is 1.90. The zero-order valence-electron chi connectivity index (χ0n) is 10.6. The fourth-order valence-corrected chi connectivity index (χ4v) is 2.94. The molecule has 0 atom stereocenters. The van der Waals surface area contributed by atoms with E-state index in [-0.39, 0.29) is 23.8 Å². The van der Waals surface area contributed by atoms with Crippen LogP contribution in [0.25, 0.3) is 0 Å². The summed E-state index contributed by atoms with van der Waals surface area (Å²) in [4.78, 5) is 1.19. The van der Waals surface area contributed by atoms with E-state index in [4.69, 9.17) is 5.73 Å². The van der Waals surface area contributed by atoms with Crippen molar-refractivity contribution >= 4 is 34.2 Å². The van der Waals surface area contributed by atoms with E-state index in [0.717, 1.165) is 4.90 Å². The average Bonchev–Trinajstić information content (AvgIpc) is 2.26. The van der Waals surface area contributed by atoms with Crippen LogP contribution in [0.15, 0.2) is 34.1 Å². The molecule has 0 heterocycles. The minimum Gasteiger partial charge on any atom is -0.324 e. The first-order valence-electron chi connectivity index (χ1n) is 5.17. The first kappa shape index (κ1) is 17.7. The summed E-state index contributed by atoms with van der Waals surface area (Å²) in [7, 11) is -3.47. The third-order valence-electron chi connectivity index (χ3n) is 2.07. The van der Waals surface area contributed by atoms with Crippen molar-refractivity contribution in [1.29, 1.82) is 0 Å². The predicted octanol–water partition coefficient (Wildman–Crippen LogP) is 1.85. The number of benzene rings is 1. The van der Waals surface area contributed by atoms with E-state index in [1.54, 1.807) is 32.0 Å². The molecule has 0 bridgehead atoms. The highest BCUT2D eigenvalue weighted by atomic mass is 35.5. The molecule has 1 rings (SSSR count). The monoisotopic (exact) mass is 310 g/mol. The average molecular weight is 311 g/mol. The van der Waals surface area contributed by atoms with Crippen LogP contribution in [-0.4, -0.2) is 26.8 Å². The minimum absolute atomic E-state index is 0. The van der Waals surface area contributed by atoms with Crippen molar-refractivity contribution in [3.63, 3.8) is 0 Å². The van der Waals surface area contributed by atoms with Gasteiger partial charge in [0, 0.05) is 17.0 Å². The first-order valence-corrected chi connectivity index (χ1v) is 7.88. The van der Waals surface area contributed by atoms with Gasteiger partial charge in [0.15, 0.2) is 0 Å². The molecular weight excluding hydrogens is 292 g/mol. The summed E-state index contributed by atoms with van der Waals surface area (Å²) < 4.78 is 26.4. The van der Waals surface area contributed by atoms with Gasteiger partial charge in [0.1, 0.15) is 0 Å². The molecule has 0 aromatic heterocycles. The Morgan fingerprint density at radius 3 is 2.50 bits per heavy atom. The molecule has 0 aliphatic heterocycles. The van der Waals surface area contributed by atoms with Crippen molar-refractivity contribution in [2.75, 3.05) is 12.8 Å². The van der Waals surface area contributed by atoms with E-state index in [1.807, 2.05) is 12.3 Å². The molecule has 0 amide bonds. The van der Waals surface area contributed by atoms with Crippen molar-refractivity contribution in [2.24, 2.45) is 5.73 Å². The lowest BCUT2D eigenvalue weighted by atomic mass is 10.1. The maximum absolute atomic E-state index is 12.0. The van der Waals surface area contributed by atoms with Gasteiger partial charge in [-0.15, -0.1) is 24.2 Å². The Morgan fingerprint density at radius 2 is 2.00 bits per heavy atom. The van der Waals surface area contributed by atoms with Gasteiger partial charge >= 0.3 is 0 Å². The summed E-state index contributed by atoms with van der Waals surface area (Å²) >= 11 is 1.51. The molecule has 4 nitrogen and oxygen atoms in total. The SMILES string of the molecule is CSc1cccc(S(=O)(=O)NCC(C)(C)N)c1.Cl. The lowest BCUT2D eigenvalue weighted by molar-refractivity contribution is 0.498. The van der Waals surface area contributed by atoms with Crippen molar-refractivity contribution in [3.8, 4) is 0 Å². The summed E-state index contributed by atoms with van der Waals surface area (Å²) in [6, 6.07) is 6.83. The molecule has 0 unspecified atom stereocenters. The number of halogens is 1. The molecule has 18 heavy (non-hydrogen) atoms. The number of nitrogens with one attached hydrogen (secondary N) is 1. The standard InChI is InChI=1S/C11H18N2O2S2.ClH/c1-11(2,12)8-13-17(14,15)10-6-4-5-9(7-10)16-3;/h4-7,13H,8,12H2,1-3H3;1H. The van der Waals surface area contributed by atoms with Gasteiger partial charge in [0.05, 0.1) is 4.90 Å². The summed E-state index contributed by atoms with van der Waals surface area (Å²) in [5, 5.41) is 0. The molecule has 0 saturated carbocycles. The second-order valence-electron chi connectivity index (χ2n) is 4.49.